The molecule has 0 radical (unpaired) electrons. The lowest BCUT2D eigenvalue weighted by Crippen LogP contribution is -2.44. The zero-order valence-corrected chi connectivity index (χ0v) is 16.3. The van der Waals surface area contributed by atoms with E-state index in [-0.39, 0.29) is 0 Å². The van der Waals surface area contributed by atoms with Gasteiger partial charge in [-0.25, -0.2) is 9.97 Å². The fourth-order valence-corrected chi connectivity index (χ4v) is 4.83. The first-order valence-corrected chi connectivity index (χ1v) is 9.87. The largest absolute Gasteiger partial charge is 0.382 e. The lowest BCUT2D eigenvalue weighted by Gasteiger charge is -2.31. The number of hydrogen-bond acceptors (Lipinski definition) is 7. The average Bonchev–Trinajstić information content (AvgIpc) is 3.37. The predicted octanol–water partition coefficient (Wildman–Crippen LogP) is 1.90. The number of nitrogens with zero attached hydrogens (tertiary/aromatic N) is 6. The SMILES string of the molecule is CN1CCN(Cc2nc3c(N)nc4cc(-c5ccn[nH]5)sc4c3n2C)CC1. The third kappa shape index (κ3) is 2.78. The molecule has 140 valence electrons. The van der Waals surface area contributed by atoms with Crippen LogP contribution in [0.3, 0.4) is 0 Å². The van der Waals surface area contributed by atoms with Crippen molar-refractivity contribution in [3.05, 3.63) is 24.2 Å². The molecule has 1 aliphatic rings. The molecule has 0 saturated carbocycles. The van der Waals surface area contributed by atoms with Crippen LogP contribution in [0.5, 0.6) is 0 Å². The van der Waals surface area contributed by atoms with E-state index in [9.17, 15) is 0 Å². The van der Waals surface area contributed by atoms with Gasteiger partial charge in [0.1, 0.15) is 11.3 Å². The maximum Gasteiger partial charge on any atom is 0.152 e. The molecule has 3 N–H and O–H groups in total. The van der Waals surface area contributed by atoms with E-state index in [1.54, 1.807) is 17.5 Å². The number of imidazole rings is 1. The van der Waals surface area contributed by atoms with Crippen LogP contribution < -0.4 is 5.73 Å². The van der Waals surface area contributed by atoms with Gasteiger partial charge in [-0.2, -0.15) is 5.10 Å². The number of aromatic nitrogens is 5. The number of hydrogen-bond donors (Lipinski definition) is 2. The summed E-state index contributed by atoms with van der Waals surface area (Å²) in [7, 11) is 4.25. The van der Waals surface area contributed by atoms with E-state index < -0.39 is 0 Å². The quantitative estimate of drug-likeness (QED) is 0.562. The number of H-pyrrole nitrogens is 1. The Hall–Kier alpha value is -2.49. The van der Waals surface area contributed by atoms with Crippen molar-refractivity contribution in [3.63, 3.8) is 0 Å². The highest BCUT2D eigenvalue weighted by molar-refractivity contribution is 7.23. The van der Waals surface area contributed by atoms with E-state index in [2.05, 4.69) is 49.7 Å². The molecule has 9 heteroatoms. The summed E-state index contributed by atoms with van der Waals surface area (Å²) in [6.45, 7) is 5.14. The molecule has 0 spiro atoms. The molecule has 8 nitrogen and oxygen atoms in total. The normalized spacial score (nSPS) is 16.7. The summed E-state index contributed by atoms with van der Waals surface area (Å²) in [6, 6.07) is 4.03. The lowest BCUT2D eigenvalue weighted by atomic mass is 10.3. The van der Waals surface area contributed by atoms with E-state index >= 15 is 0 Å². The van der Waals surface area contributed by atoms with Gasteiger partial charge in [0.2, 0.25) is 0 Å². The molecule has 4 aromatic rings. The number of aryl methyl sites for hydroxylation is 1. The smallest absolute Gasteiger partial charge is 0.152 e. The number of piperazine rings is 1. The van der Waals surface area contributed by atoms with E-state index in [1.165, 1.54) is 0 Å². The molecule has 0 atom stereocenters. The Kier molecular flexibility index (Phi) is 3.88. The summed E-state index contributed by atoms with van der Waals surface area (Å²) in [5, 5.41) is 7.07. The molecule has 1 saturated heterocycles. The molecule has 0 aromatic carbocycles. The maximum atomic E-state index is 6.26. The van der Waals surface area contributed by atoms with Crippen molar-refractivity contribution in [3.8, 4) is 10.6 Å². The number of thiophene rings is 1. The van der Waals surface area contributed by atoms with Gasteiger partial charge in [0.25, 0.3) is 0 Å². The van der Waals surface area contributed by atoms with Gasteiger partial charge in [0, 0.05) is 39.4 Å². The highest BCUT2D eigenvalue weighted by atomic mass is 32.1. The number of nitrogens with two attached hydrogens (primary N) is 1. The monoisotopic (exact) mass is 382 g/mol. The van der Waals surface area contributed by atoms with Crippen molar-refractivity contribution < 1.29 is 0 Å². The molecule has 4 aromatic heterocycles. The Bertz CT molecular complexity index is 1100. The first-order chi connectivity index (χ1) is 13.1. The first-order valence-electron chi connectivity index (χ1n) is 9.05. The summed E-state index contributed by atoms with van der Waals surface area (Å²) in [6.07, 6.45) is 1.76. The minimum atomic E-state index is 0.492. The second-order valence-corrected chi connectivity index (χ2v) is 8.21. The van der Waals surface area contributed by atoms with Gasteiger partial charge in [0.05, 0.1) is 32.8 Å². The van der Waals surface area contributed by atoms with Gasteiger partial charge in [-0.3, -0.25) is 10.00 Å². The van der Waals surface area contributed by atoms with Crippen LogP contribution in [0.4, 0.5) is 5.82 Å². The Labute approximate surface area is 160 Å². The minimum Gasteiger partial charge on any atom is -0.382 e. The van der Waals surface area contributed by atoms with E-state index in [0.717, 1.165) is 70.4 Å². The molecule has 0 amide bonds. The topological polar surface area (TPSA) is 91.9 Å². The standard InChI is InChI=1S/C18H22N8S/c1-24-5-7-26(8-6-24)10-14-22-15-16(25(14)2)17-12(21-18(15)19)9-13(27-17)11-3-4-20-23-11/h3-4,9H,5-8,10H2,1-2H3,(H2,19,21)(H,20,23). The van der Waals surface area contributed by atoms with Crippen LogP contribution in [0.2, 0.25) is 0 Å². The molecule has 0 bridgehead atoms. The van der Waals surface area contributed by atoms with Gasteiger partial charge in [-0.05, 0) is 19.2 Å². The van der Waals surface area contributed by atoms with Crippen molar-refractivity contribution in [1.29, 1.82) is 0 Å². The second-order valence-electron chi connectivity index (χ2n) is 7.16. The zero-order valence-electron chi connectivity index (χ0n) is 15.4. The van der Waals surface area contributed by atoms with Gasteiger partial charge >= 0.3 is 0 Å². The van der Waals surface area contributed by atoms with Gasteiger partial charge in [0.15, 0.2) is 5.82 Å². The molecule has 1 aliphatic heterocycles. The van der Waals surface area contributed by atoms with Crippen LogP contribution >= 0.6 is 11.3 Å². The molecular weight excluding hydrogens is 360 g/mol. The summed E-state index contributed by atoms with van der Waals surface area (Å²) < 4.78 is 3.30. The molecule has 0 unspecified atom stereocenters. The number of rotatable bonds is 3. The Morgan fingerprint density at radius 2 is 2.00 bits per heavy atom. The Morgan fingerprint density at radius 3 is 2.74 bits per heavy atom. The summed E-state index contributed by atoms with van der Waals surface area (Å²) in [5.41, 5.74) is 10.0. The van der Waals surface area contributed by atoms with Crippen LogP contribution in [0.25, 0.3) is 31.8 Å². The fraction of sp³-hybridized carbons (Fsp3) is 0.389. The second kappa shape index (κ2) is 6.29. The van der Waals surface area contributed by atoms with E-state index in [1.807, 2.05) is 6.07 Å². The molecule has 27 heavy (non-hydrogen) atoms. The maximum absolute atomic E-state index is 6.26. The Morgan fingerprint density at radius 1 is 1.19 bits per heavy atom. The number of fused-ring (bicyclic) bond motifs is 3. The third-order valence-electron chi connectivity index (χ3n) is 5.33. The lowest BCUT2D eigenvalue weighted by molar-refractivity contribution is 0.144. The predicted molar refractivity (Wildman–Crippen MR) is 109 cm³/mol. The van der Waals surface area contributed by atoms with Gasteiger partial charge in [-0.1, -0.05) is 0 Å². The highest BCUT2D eigenvalue weighted by Crippen LogP contribution is 2.37. The highest BCUT2D eigenvalue weighted by Gasteiger charge is 2.21. The van der Waals surface area contributed by atoms with Crippen LogP contribution in [0, 0.1) is 0 Å². The number of likely N-dealkylation sites (N-methyl/N-ethyl adjacent to an activating group) is 1. The summed E-state index contributed by atoms with van der Waals surface area (Å²) >= 11 is 1.70. The first kappa shape index (κ1) is 16.7. The number of nitrogen functional groups attached to an aromatic ring is 1. The number of aromatic amines is 1. The Balaban J connectivity index is 1.59. The van der Waals surface area contributed by atoms with Crippen LogP contribution in [0.15, 0.2) is 18.3 Å². The number of nitrogens with one attached hydrogen (secondary N) is 1. The molecule has 5 heterocycles. The fourth-order valence-electron chi connectivity index (χ4n) is 3.67. The average molecular weight is 382 g/mol. The van der Waals surface area contributed by atoms with Crippen molar-refractivity contribution in [1.82, 2.24) is 34.5 Å². The van der Waals surface area contributed by atoms with E-state index in [0.29, 0.717) is 5.82 Å². The molecule has 5 rings (SSSR count). The van der Waals surface area contributed by atoms with Crippen molar-refractivity contribution >= 4 is 38.4 Å². The summed E-state index contributed by atoms with van der Waals surface area (Å²) in [4.78, 5) is 15.4. The minimum absolute atomic E-state index is 0.492. The van der Waals surface area contributed by atoms with Gasteiger partial charge < -0.3 is 15.2 Å². The number of anilines is 1. The van der Waals surface area contributed by atoms with Crippen LogP contribution in [-0.2, 0) is 13.6 Å². The van der Waals surface area contributed by atoms with Crippen LogP contribution in [0.1, 0.15) is 5.82 Å². The molecule has 1 fully saturated rings. The molecular formula is C18H22N8S. The third-order valence-corrected chi connectivity index (χ3v) is 6.49. The van der Waals surface area contributed by atoms with Gasteiger partial charge in [-0.15, -0.1) is 11.3 Å². The van der Waals surface area contributed by atoms with E-state index in [4.69, 9.17) is 10.7 Å². The van der Waals surface area contributed by atoms with Crippen molar-refractivity contribution in [2.24, 2.45) is 7.05 Å². The van der Waals surface area contributed by atoms with Crippen LogP contribution in [-0.4, -0.2) is 67.8 Å². The molecule has 0 aliphatic carbocycles. The van der Waals surface area contributed by atoms with Crippen molar-refractivity contribution in [2.45, 2.75) is 6.54 Å². The zero-order chi connectivity index (χ0) is 18.5. The number of pyridine rings is 1. The summed E-state index contributed by atoms with van der Waals surface area (Å²) in [5.74, 6) is 1.53. The van der Waals surface area contributed by atoms with Crippen molar-refractivity contribution in [2.75, 3.05) is 39.0 Å².